The van der Waals surface area contributed by atoms with E-state index in [1.54, 1.807) is 0 Å². The van der Waals surface area contributed by atoms with E-state index in [0.29, 0.717) is 31.2 Å². The van der Waals surface area contributed by atoms with Crippen LogP contribution < -0.4 is 10.6 Å². The van der Waals surface area contributed by atoms with Gasteiger partial charge in [-0.1, -0.05) is 50.6 Å². The molecule has 4 amide bonds. The number of rotatable bonds is 7. The molecule has 2 fully saturated rings. The quantitative estimate of drug-likeness (QED) is 0.708. The fourth-order valence-corrected chi connectivity index (χ4v) is 4.31. The first-order valence-corrected chi connectivity index (χ1v) is 10.4. The SMILES string of the molecule is CCC1CCC2(CC1)NC(=O)N(CC(=O)NCCC(C)c1ccccc1)C2=O. The van der Waals surface area contributed by atoms with Crippen molar-refractivity contribution < 1.29 is 14.4 Å². The van der Waals surface area contributed by atoms with Crippen LogP contribution in [0.15, 0.2) is 30.3 Å². The van der Waals surface area contributed by atoms with Crippen molar-refractivity contribution in [3.63, 3.8) is 0 Å². The van der Waals surface area contributed by atoms with Gasteiger partial charge in [0, 0.05) is 6.54 Å². The Balaban J connectivity index is 1.47. The first-order valence-electron chi connectivity index (χ1n) is 10.4. The Bertz CT molecular complexity index is 711. The van der Waals surface area contributed by atoms with Gasteiger partial charge < -0.3 is 10.6 Å². The Morgan fingerprint density at radius 2 is 1.93 bits per heavy atom. The van der Waals surface area contributed by atoms with Crippen molar-refractivity contribution in [3.05, 3.63) is 35.9 Å². The molecule has 0 aromatic heterocycles. The fourth-order valence-electron chi connectivity index (χ4n) is 4.31. The number of hydrogen-bond donors (Lipinski definition) is 2. The number of imide groups is 1. The van der Waals surface area contributed by atoms with Gasteiger partial charge in [-0.3, -0.25) is 14.5 Å². The topological polar surface area (TPSA) is 78.5 Å². The summed E-state index contributed by atoms with van der Waals surface area (Å²) in [4.78, 5) is 38.6. The Labute approximate surface area is 167 Å². The van der Waals surface area contributed by atoms with Crippen molar-refractivity contribution in [3.8, 4) is 0 Å². The van der Waals surface area contributed by atoms with Gasteiger partial charge in [0.25, 0.3) is 5.91 Å². The van der Waals surface area contributed by atoms with Gasteiger partial charge >= 0.3 is 6.03 Å². The van der Waals surface area contributed by atoms with E-state index in [1.807, 2.05) is 18.2 Å². The van der Waals surface area contributed by atoms with E-state index < -0.39 is 11.6 Å². The van der Waals surface area contributed by atoms with Gasteiger partial charge in [-0.25, -0.2) is 4.79 Å². The van der Waals surface area contributed by atoms with Crippen molar-refractivity contribution >= 4 is 17.8 Å². The summed E-state index contributed by atoms with van der Waals surface area (Å²) in [5, 5.41) is 5.72. The maximum absolute atomic E-state index is 12.9. The third kappa shape index (κ3) is 4.37. The van der Waals surface area contributed by atoms with Crippen LogP contribution >= 0.6 is 0 Å². The number of urea groups is 1. The molecular formula is C22H31N3O3. The molecule has 6 heteroatoms. The normalized spacial score (nSPS) is 25.6. The molecule has 2 N–H and O–H groups in total. The summed E-state index contributed by atoms with van der Waals surface area (Å²) < 4.78 is 0. The van der Waals surface area contributed by atoms with Crippen LogP contribution in [0.3, 0.4) is 0 Å². The average molecular weight is 386 g/mol. The lowest BCUT2D eigenvalue weighted by molar-refractivity contribution is -0.136. The Hall–Kier alpha value is -2.37. The minimum atomic E-state index is -0.787. The van der Waals surface area contributed by atoms with Gasteiger partial charge in [-0.2, -0.15) is 0 Å². The maximum atomic E-state index is 12.9. The van der Waals surface area contributed by atoms with Crippen molar-refractivity contribution in [1.82, 2.24) is 15.5 Å². The highest BCUT2D eigenvalue weighted by Crippen LogP contribution is 2.37. The van der Waals surface area contributed by atoms with Gasteiger partial charge in [0.15, 0.2) is 0 Å². The predicted octanol–water partition coefficient (Wildman–Crippen LogP) is 3.19. The highest BCUT2D eigenvalue weighted by Gasteiger charge is 2.52. The second-order valence-corrected chi connectivity index (χ2v) is 8.21. The van der Waals surface area contributed by atoms with E-state index in [-0.39, 0.29) is 18.4 Å². The number of carbonyl (C=O) groups is 3. The molecule has 6 nitrogen and oxygen atoms in total. The Morgan fingerprint density at radius 1 is 1.25 bits per heavy atom. The lowest BCUT2D eigenvalue weighted by atomic mass is 9.75. The zero-order chi connectivity index (χ0) is 20.1. The van der Waals surface area contributed by atoms with Crippen molar-refractivity contribution in [2.75, 3.05) is 13.1 Å². The van der Waals surface area contributed by atoms with Gasteiger partial charge in [0.1, 0.15) is 12.1 Å². The molecule has 0 radical (unpaired) electrons. The molecule has 1 spiro atoms. The van der Waals surface area contributed by atoms with Gasteiger partial charge in [-0.05, 0) is 49.5 Å². The van der Waals surface area contributed by atoms with Crippen LogP contribution in [0, 0.1) is 5.92 Å². The third-order valence-corrected chi connectivity index (χ3v) is 6.35. The second-order valence-electron chi connectivity index (χ2n) is 8.21. The maximum Gasteiger partial charge on any atom is 0.325 e. The molecule has 1 aliphatic carbocycles. The molecule has 1 aromatic rings. The summed E-state index contributed by atoms with van der Waals surface area (Å²) in [5.74, 6) is 0.428. The largest absolute Gasteiger partial charge is 0.355 e. The molecule has 1 unspecified atom stereocenters. The highest BCUT2D eigenvalue weighted by molar-refractivity contribution is 6.09. The van der Waals surface area contributed by atoms with Crippen molar-refractivity contribution in [2.45, 2.75) is 63.8 Å². The zero-order valence-corrected chi connectivity index (χ0v) is 16.9. The second kappa shape index (κ2) is 8.76. The summed E-state index contributed by atoms with van der Waals surface area (Å²) in [6.07, 6.45) is 5.13. The van der Waals surface area contributed by atoms with Gasteiger partial charge in [0.2, 0.25) is 5.91 Å². The molecule has 1 heterocycles. The number of hydrogen-bond acceptors (Lipinski definition) is 3. The van der Waals surface area contributed by atoms with Crippen LogP contribution in [0.2, 0.25) is 0 Å². The van der Waals surface area contributed by atoms with E-state index in [2.05, 4.69) is 36.6 Å². The fraction of sp³-hybridized carbons (Fsp3) is 0.591. The summed E-state index contributed by atoms with van der Waals surface area (Å²) in [6, 6.07) is 9.71. The first kappa shape index (κ1) is 20.4. The van der Waals surface area contributed by atoms with Crippen LogP contribution in [0.1, 0.15) is 63.9 Å². The molecular weight excluding hydrogens is 354 g/mol. The van der Waals surface area contributed by atoms with Crippen molar-refractivity contribution in [2.24, 2.45) is 5.92 Å². The van der Waals surface area contributed by atoms with E-state index >= 15 is 0 Å². The van der Waals surface area contributed by atoms with E-state index in [0.717, 1.165) is 30.6 Å². The lowest BCUT2D eigenvalue weighted by Gasteiger charge is -2.34. The van der Waals surface area contributed by atoms with E-state index in [9.17, 15) is 14.4 Å². The van der Waals surface area contributed by atoms with Gasteiger partial charge in [0.05, 0.1) is 0 Å². The molecule has 1 aliphatic heterocycles. The molecule has 1 aromatic carbocycles. The molecule has 3 rings (SSSR count). The van der Waals surface area contributed by atoms with Gasteiger partial charge in [-0.15, -0.1) is 0 Å². The first-order chi connectivity index (χ1) is 13.4. The van der Waals surface area contributed by atoms with E-state index in [1.165, 1.54) is 5.56 Å². The van der Waals surface area contributed by atoms with Crippen LogP contribution in [-0.2, 0) is 9.59 Å². The number of nitrogens with one attached hydrogen (secondary N) is 2. The Kier molecular flexibility index (Phi) is 6.37. The minimum absolute atomic E-state index is 0.205. The standard InChI is InChI=1S/C22H31N3O3/c1-3-17-9-12-22(13-10-17)20(27)25(21(28)24-22)15-19(26)23-14-11-16(2)18-7-5-4-6-8-18/h4-8,16-17H,3,9-15H2,1-2H3,(H,23,26)(H,24,28). The number of benzene rings is 1. The number of nitrogens with zero attached hydrogens (tertiary/aromatic N) is 1. The molecule has 28 heavy (non-hydrogen) atoms. The molecule has 0 bridgehead atoms. The average Bonchev–Trinajstić information content (AvgIpc) is 2.93. The van der Waals surface area contributed by atoms with Crippen LogP contribution in [0.4, 0.5) is 4.79 Å². The van der Waals surface area contributed by atoms with E-state index in [4.69, 9.17) is 0 Å². The molecule has 2 aliphatic rings. The summed E-state index contributed by atoms with van der Waals surface area (Å²) >= 11 is 0. The summed E-state index contributed by atoms with van der Waals surface area (Å²) in [5.41, 5.74) is 0.445. The number of amides is 4. The summed E-state index contributed by atoms with van der Waals surface area (Å²) in [7, 11) is 0. The Morgan fingerprint density at radius 3 is 2.57 bits per heavy atom. The minimum Gasteiger partial charge on any atom is -0.355 e. The molecule has 1 atom stereocenters. The van der Waals surface area contributed by atoms with Crippen LogP contribution in [0.25, 0.3) is 0 Å². The molecule has 152 valence electrons. The monoisotopic (exact) mass is 385 g/mol. The third-order valence-electron chi connectivity index (χ3n) is 6.35. The van der Waals surface area contributed by atoms with Crippen molar-refractivity contribution in [1.29, 1.82) is 0 Å². The smallest absolute Gasteiger partial charge is 0.325 e. The summed E-state index contributed by atoms with van der Waals surface area (Å²) in [6.45, 7) is 4.59. The highest BCUT2D eigenvalue weighted by atomic mass is 16.2. The zero-order valence-electron chi connectivity index (χ0n) is 16.9. The van der Waals surface area contributed by atoms with Crippen LogP contribution in [0.5, 0.6) is 0 Å². The predicted molar refractivity (Wildman–Crippen MR) is 108 cm³/mol. The lowest BCUT2D eigenvalue weighted by Crippen LogP contribution is -2.50. The van der Waals surface area contributed by atoms with Crippen LogP contribution in [-0.4, -0.2) is 41.4 Å². The molecule has 1 saturated heterocycles. The number of carbonyl (C=O) groups excluding carboxylic acids is 3. The molecule has 1 saturated carbocycles.